The normalized spacial score (nSPS) is 13.9. The Balaban J connectivity index is 2.16. The molecule has 0 saturated heterocycles. The van der Waals surface area contributed by atoms with Crippen LogP contribution < -0.4 is 0 Å². The zero-order chi connectivity index (χ0) is 15.4. The van der Waals surface area contributed by atoms with Gasteiger partial charge < -0.3 is 20.4 Å². The molecule has 0 aliphatic carbocycles. The topological polar surface area (TPSA) is 127 Å². The Morgan fingerprint density at radius 1 is 1.24 bits per heavy atom. The summed E-state index contributed by atoms with van der Waals surface area (Å²) in [5.41, 5.74) is 1.66. The van der Waals surface area contributed by atoms with Gasteiger partial charge in [0.15, 0.2) is 0 Å². The largest absolute Gasteiger partial charge is 0.477 e. The summed E-state index contributed by atoms with van der Waals surface area (Å²) in [6.45, 7) is -0.207. The second-order valence-electron chi connectivity index (χ2n) is 4.62. The number of aromatic nitrogens is 2. The van der Waals surface area contributed by atoms with E-state index >= 15 is 0 Å². The Morgan fingerprint density at radius 3 is 2.43 bits per heavy atom. The number of hydrogen-bond donors (Lipinski definition) is 5. The first-order valence-corrected chi connectivity index (χ1v) is 6.39. The molecule has 7 nitrogen and oxygen atoms in total. The Morgan fingerprint density at radius 2 is 1.90 bits per heavy atom. The van der Waals surface area contributed by atoms with Gasteiger partial charge in [0.2, 0.25) is 0 Å². The van der Waals surface area contributed by atoms with Gasteiger partial charge in [-0.15, -0.1) is 0 Å². The van der Waals surface area contributed by atoms with Gasteiger partial charge >= 0.3 is 5.97 Å². The fourth-order valence-corrected chi connectivity index (χ4v) is 1.94. The van der Waals surface area contributed by atoms with Gasteiger partial charge in [0, 0.05) is 12.2 Å². The molecule has 0 radical (unpaired) electrons. The second kappa shape index (κ2) is 6.49. The summed E-state index contributed by atoms with van der Waals surface area (Å²) in [5, 5.41) is 43.4. The first-order chi connectivity index (χ1) is 10.0. The van der Waals surface area contributed by atoms with E-state index in [0.717, 1.165) is 0 Å². The summed E-state index contributed by atoms with van der Waals surface area (Å²) in [5.74, 6) is -1.09. The third kappa shape index (κ3) is 3.46. The number of aromatic amines is 1. The molecule has 0 fully saturated rings. The number of nitrogens with one attached hydrogen (secondary N) is 1. The number of carboxylic acid groups (broad SMARTS) is 1. The Kier molecular flexibility index (Phi) is 4.69. The molecular formula is C14H16N2O5. The van der Waals surface area contributed by atoms with E-state index in [1.54, 1.807) is 24.3 Å². The SMILES string of the molecule is O=C(O)c1cc(-c2ccc(C(O)C(O)CCO)cc2)n[nH]1. The summed E-state index contributed by atoms with van der Waals surface area (Å²) < 4.78 is 0. The van der Waals surface area contributed by atoms with Crippen LogP contribution >= 0.6 is 0 Å². The summed E-state index contributed by atoms with van der Waals surface area (Å²) >= 11 is 0. The van der Waals surface area contributed by atoms with Crippen molar-refractivity contribution in [2.45, 2.75) is 18.6 Å². The Hall–Kier alpha value is -2.22. The fraction of sp³-hybridized carbons (Fsp3) is 0.286. The Bertz CT molecular complexity index is 608. The smallest absolute Gasteiger partial charge is 0.353 e. The van der Waals surface area contributed by atoms with Crippen LogP contribution in [0.25, 0.3) is 11.3 Å². The number of carboxylic acids is 1. The van der Waals surface area contributed by atoms with Gasteiger partial charge in [-0.05, 0) is 18.1 Å². The van der Waals surface area contributed by atoms with Crippen molar-refractivity contribution in [1.82, 2.24) is 10.2 Å². The van der Waals surface area contributed by atoms with Gasteiger partial charge in [-0.25, -0.2) is 4.79 Å². The number of aromatic carboxylic acids is 1. The van der Waals surface area contributed by atoms with E-state index in [9.17, 15) is 15.0 Å². The van der Waals surface area contributed by atoms with Crippen LogP contribution in [0.1, 0.15) is 28.6 Å². The van der Waals surface area contributed by atoms with E-state index in [0.29, 0.717) is 16.8 Å². The van der Waals surface area contributed by atoms with E-state index in [1.807, 2.05) is 0 Å². The zero-order valence-corrected chi connectivity index (χ0v) is 11.1. The number of nitrogens with zero attached hydrogens (tertiary/aromatic N) is 1. The highest BCUT2D eigenvalue weighted by Crippen LogP contribution is 2.23. The molecule has 2 unspecified atom stereocenters. The summed E-state index contributed by atoms with van der Waals surface area (Å²) in [7, 11) is 0. The molecule has 0 amide bonds. The molecule has 1 aromatic carbocycles. The van der Waals surface area contributed by atoms with Crippen molar-refractivity contribution in [2.75, 3.05) is 6.61 Å². The number of aliphatic hydroxyl groups is 3. The molecule has 0 saturated carbocycles. The third-order valence-electron chi connectivity index (χ3n) is 3.15. The van der Waals surface area contributed by atoms with E-state index in [4.69, 9.17) is 10.2 Å². The molecule has 1 heterocycles. The minimum absolute atomic E-state index is 0.00696. The lowest BCUT2D eigenvalue weighted by atomic mass is 10.0. The fourth-order valence-electron chi connectivity index (χ4n) is 1.94. The van der Waals surface area contributed by atoms with E-state index in [2.05, 4.69) is 10.2 Å². The predicted octanol–water partition coefficient (Wildman–Crippen LogP) is 0.552. The van der Waals surface area contributed by atoms with Crippen molar-refractivity contribution in [3.05, 3.63) is 41.6 Å². The van der Waals surface area contributed by atoms with Crippen LogP contribution in [-0.2, 0) is 0 Å². The molecule has 2 rings (SSSR count). The van der Waals surface area contributed by atoms with Crippen molar-refractivity contribution in [2.24, 2.45) is 0 Å². The summed E-state index contributed by atoms with van der Waals surface area (Å²) in [6, 6.07) is 8.00. The highest BCUT2D eigenvalue weighted by molar-refractivity contribution is 5.86. The van der Waals surface area contributed by atoms with E-state index < -0.39 is 18.2 Å². The standard InChI is InChI=1S/C14H16N2O5/c17-6-5-12(18)13(19)9-3-1-8(2-4-9)10-7-11(14(20)21)16-15-10/h1-4,7,12-13,17-19H,5-6H2,(H,15,16)(H,20,21). The van der Waals surface area contributed by atoms with Gasteiger partial charge in [0.25, 0.3) is 0 Å². The quantitative estimate of drug-likeness (QED) is 0.529. The summed E-state index contributed by atoms with van der Waals surface area (Å²) in [6.07, 6.45) is -2.03. The van der Waals surface area contributed by atoms with Crippen LogP contribution in [0.4, 0.5) is 0 Å². The number of H-pyrrole nitrogens is 1. The van der Waals surface area contributed by atoms with Crippen LogP contribution in [0.15, 0.2) is 30.3 Å². The zero-order valence-electron chi connectivity index (χ0n) is 11.1. The molecule has 2 atom stereocenters. The molecule has 0 bridgehead atoms. The van der Waals surface area contributed by atoms with Crippen LogP contribution in [0.5, 0.6) is 0 Å². The monoisotopic (exact) mass is 292 g/mol. The third-order valence-corrected chi connectivity index (χ3v) is 3.15. The maximum absolute atomic E-state index is 10.8. The first-order valence-electron chi connectivity index (χ1n) is 6.39. The minimum atomic E-state index is -1.09. The average Bonchev–Trinajstić information content (AvgIpc) is 2.97. The summed E-state index contributed by atoms with van der Waals surface area (Å²) in [4.78, 5) is 10.8. The van der Waals surface area contributed by atoms with Gasteiger partial charge in [0.05, 0.1) is 11.8 Å². The lowest BCUT2D eigenvalue weighted by Gasteiger charge is -2.17. The van der Waals surface area contributed by atoms with Gasteiger partial charge in [-0.3, -0.25) is 5.10 Å². The van der Waals surface area contributed by atoms with Crippen LogP contribution in [-0.4, -0.2) is 49.3 Å². The highest BCUT2D eigenvalue weighted by atomic mass is 16.4. The lowest BCUT2D eigenvalue weighted by Crippen LogP contribution is -2.19. The maximum atomic E-state index is 10.8. The van der Waals surface area contributed by atoms with Crippen molar-refractivity contribution in [3.8, 4) is 11.3 Å². The molecular weight excluding hydrogens is 276 g/mol. The van der Waals surface area contributed by atoms with Gasteiger partial charge in [-0.2, -0.15) is 5.10 Å². The average molecular weight is 292 g/mol. The van der Waals surface area contributed by atoms with Crippen molar-refractivity contribution < 1.29 is 25.2 Å². The molecule has 1 aromatic heterocycles. The van der Waals surface area contributed by atoms with Crippen molar-refractivity contribution in [1.29, 1.82) is 0 Å². The van der Waals surface area contributed by atoms with Crippen molar-refractivity contribution >= 4 is 5.97 Å². The number of rotatable bonds is 6. The molecule has 2 aromatic rings. The number of aliphatic hydroxyl groups excluding tert-OH is 3. The molecule has 21 heavy (non-hydrogen) atoms. The molecule has 5 N–H and O–H groups in total. The van der Waals surface area contributed by atoms with Crippen LogP contribution in [0.3, 0.4) is 0 Å². The molecule has 0 aliphatic heterocycles. The number of benzene rings is 1. The molecule has 0 aliphatic rings. The van der Waals surface area contributed by atoms with Crippen molar-refractivity contribution in [3.63, 3.8) is 0 Å². The van der Waals surface area contributed by atoms with Crippen LogP contribution in [0.2, 0.25) is 0 Å². The Labute approximate surface area is 120 Å². The highest BCUT2D eigenvalue weighted by Gasteiger charge is 2.18. The minimum Gasteiger partial charge on any atom is -0.477 e. The lowest BCUT2D eigenvalue weighted by molar-refractivity contribution is 0.00422. The maximum Gasteiger partial charge on any atom is 0.353 e. The van der Waals surface area contributed by atoms with Crippen LogP contribution in [0, 0.1) is 0 Å². The molecule has 112 valence electrons. The second-order valence-corrected chi connectivity index (χ2v) is 4.62. The van der Waals surface area contributed by atoms with E-state index in [-0.39, 0.29) is 18.7 Å². The van der Waals surface area contributed by atoms with E-state index in [1.165, 1.54) is 6.07 Å². The molecule has 0 spiro atoms. The van der Waals surface area contributed by atoms with Gasteiger partial charge in [0.1, 0.15) is 11.8 Å². The predicted molar refractivity (Wildman–Crippen MR) is 73.7 cm³/mol. The number of carbonyl (C=O) groups is 1. The van der Waals surface area contributed by atoms with Gasteiger partial charge in [-0.1, -0.05) is 24.3 Å². The first kappa shape index (κ1) is 15.2. The number of hydrogen-bond acceptors (Lipinski definition) is 5. The molecule has 7 heteroatoms.